The Morgan fingerprint density at radius 2 is 2.00 bits per heavy atom. The van der Waals surface area contributed by atoms with Gasteiger partial charge in [0.2, 0.25) is 0 Å². The fourth-order valence-corrected chi connectivity index (χ4v) is 3.97. The fraction of sp³-hybridized carbons (Fsp3) is 0.286. The molecule has 1 saturated heterocycles. The van der Waals surface area contributed by atoms with Crippen molar-refractivity contribution in [2.75, 3.05) is 18.0 Å². The highest BCUT2D eigenvalue weighted by Crippen LogP contribution is 2.32. The highest BCUT2D eigenvalue weighted by atomic mass is 15.3. The second-order valence-corrected chi connectivity index (χ2v) is 7.21. The normalized spacial score (nSPS) is 17.2. The number of aromatic nitrogens is 6. The van der Waals surface area contributed by atoms with E-state index < -0.39 is 0 Å². The molecule has 0 spiro atoms. The molecule has 1 fully saturated rings. The molecule has 0 bridgehead atoms. The fourth-order valence-electron chi connectivity index (χ4n) is 3.97. The average Bonchev–Trinajstić information content (AvgIpc) is 3.19. The molecule has 0 radical (unpaired) electrons. The molecule has 7 heteroatoms. The van der Waals surface area contributed by atoms with Gasteiger partial charge in [0, 0.05) is 49.4 Å². The third kappa shape index (κ3) is 2.98. The highest BCUT2D eigenvalue weighted by molar-refractivity contribution is 5.91. The minimum absolute atomic E-state index is 0.344. The summed E-state index contributed by atoms with van der Waals surface area (Å²) in [5, 5.41) is 9.48. The molecule has 0 amide bonds. The number of hydrogen-bond acceptors (Lipinski definition) is 6. The topological polar surface area (TPSA) is 72.6 Å². The first kappa shape index (κ1) is 16.8. The zero-order valence-corrected chi connectivity index (χ0v) is 15.7. The summed E-state index contributed by atoms with van der Waals surface area (Å²) in [6, 6.07) is 12.1. The first-order valence-corrected chi connectivity index (χ1v) is 9.55. The molecule has 0 N–H and O–H groups in total. The van der Waals surface area contributed by atoms with Crippen molar-refractivity contribution in [2.24, 2.45) is 7.05 Å². The summed E-state index contributed by atoms with van der Waals surface area (Å²) in [5.41, 5.74) is 1.88. The monoisotopic (exact) mass is 371 g/mol. The molecule has 1 atom stereocenters. The van der Waals surface area contributed by atoms with Crippen LogP contribution in [0.25, 0.3) is 22.3 Å². The molecule has 0 aliphatic carbocycles. The third-order valence-corrected chi connectivity index (χ3v) is 5.34. The van der Waals surface area contributed by atoms with Crippen molar-refractivity contribution in [2.45, 2.75) is 18.8 Å². The summed E-state index contributed by atoms with van der Waals surface area (Å²) in [4.78, 5) is 16.3. The van der Waals surface area contributed by atoms with E-state index in [1.807, 2.05) is 48.1 Å². The van der Waals surface area contributed by atoms with Crippen LogP contribution in [0.1, 0.15) is 24.6 Å². The molecule has 0 saturated carbocycles. The molecule has 3 aromatic heterocycles. The van der Waals surface area contributed by atoms with Crippen molar-refractivity contribution in [1.82, 2.24) is 29.7 Å². The summed E-state index contributed by atoms with van der Waals surface area (Å²) in [5.74, 6) is 3.08. The van der Waals surface area contributed by atoms with E-state index in [0.29, 0.717) is 11.7 Å². The number of anilines is 1. The predicted octanol–water partition coefficient (Wildman–Crippen LogP) is 3.20. The maximum absolute atomic E-state index is 4.96. The zero-order valence-electron chi connectivity index (χ0n) is 15.7. The molecule has 4 aromatic rings. The third-order valence-electron chi connectivity index (χ3n) is 5.34. The molecule has 1 aliphatic rings. The molecule has 140 valence electrons. The summed E-state index contributed by atoms with van der Waals surface area (Å²) >= 11 is 0. The van der Waals surface area contributed by atoms with Gasteiger partial charge in [-0.15, -0.1) is 10.2 Å². The van der Waals surface area contributed by atoms with Crippen molar-refractivity contribution < 1.29 is 0 Å². The molecule has 5 rings (SSSR count). The number of hydrogen-bond donors (Lipinski definition) is 0. The lowest BCUT2D eigenvalue weighted by atomic mass is 9.97. The number of pyridine rings is 1. The van der Waals surface area contributed by atoms with Crippen molar-refractivity contribution >= 4 is 16.7 Å². The highest BCUT2D eigenvalue weighted by Gasteiger charge is 2.27. The van der Waals surface area contributed by atoms with E-state index in [9.17, 15) is 0 Å². The van der Waals surface area contributed by atoms with Gasteiger partial charge in [0.25, 0.3) is 0 Å². The number of aryl methyl sites for hydroxylation is 1. The quantitative estimate of drug-likeness (QED) is 0.551. The van der Waals surface area contributed by atoms with Gasteiger partial charge >= 0.3 is 0 Å². The van der Waals surface area contributed by atoms with Gasteiger partial charge < -0.3 is 9.47 Å². The van der Waals surface area contributed by atoms with E-state index in [2.05, 4.69) is 26.1 Å². The molecular formula is C21H21N7. The van der Waals surface area contributed by atoms with Crippen molar-refractivity contribution in [1.29, 1.82) is 0 Å². The number of rotatable bonds is 3. The van der Waals surface area contributed by atoms with Gasteiger partial charge in [-0.05, 0) is 37.1 Å². The molecular weight excluding hydrogens is 350 g/mol. The van der Waals surface area contributed by atoms with E-state index in [-0.39, 0.29) is 0 Å². The van der Waals surface area contributed by atoms with E-state index in [1.165, 1.54) is 0 Å². The van der Waals surface area contributed by atoms with E-state index in [1.54, 1.807) is 12.5 Å². The minimum Gasteiger partial charge on any atom is -0.355 e. The largest absolute Gasteiger partial charge is 0.355 e. The lowest BCUT2D eigenvalue weighted by Crippen LogP contribution is -2.36. The van der Waals surface area contributed by atoms with E-state index >= 15 is 0 Å². The Hall–Kier alpha value is -3.35. The second kappa shape index (κ2) is 6.99. The van der Waals surface area contributed by atoms with Crippen molar-refractivity contribution in [3.63, 3.8) is 0 Å². The lowest BCUT2D eigenvalue weighted by Gasteiger charge is -2.33. The standard InChI is InChI=1S/C21H21N7/c1-27-14-23-26-20(27)16-7-5-11-28(13-16)21-17-8-2-3-9-18(17)24-19(25-21)15-6-4-10-22-12-15/h2-4,6,8-10,12,14,16H,5,7,11,13H2,1H3. The summed E-state index contributed by atoms with van der Waals surface area (Å²) < 4.78 is 2.02. The maximum atomic E-state index is 4.96. The van der Waals surface area contributed by atoms with E-state index in [4.69, 9.17) is 9.97 Å². The molecule has 28 heavy (non-hydrogen) atoms. The van der Waals surface area contributed by atoms with Crippen LogP contribution in [0, 0.1) is 0 Å². The number of para-hydroxylation sites is 1. The molecule has 1 aromatic carbocycles. The molecule has 1 aliphatic heterocycles. The van der Waals surface area contributed by atoms with Gasteiger partial charge in [0.15, 0.2) is 5.82 Å². The van der Waals surface area contributed by atoms with Crippen LogP contribution in [0.15, 0.2) is 55.1 Å². The van der Waals surface area contributed by atoms with Crippen LogP contribution in [0.5, 0.6) is 0 Å². The van der Waals surface area contributed by atoms with Gasteiger partial charge in [-0.25, -0.2) is 9.97 Å². The second-order valence-electron chi connectivity index (χ2n) is 7.21. The van der Waals surface area contributed by atoms with Crippen molar-refractivity contribution in [3.05, 3.63) is 60.9 Å². The summed E-state index contributed by atoms with van der Waals surface area (Å²) in [6.07, 6.45) is 7.56. The number of benzene rings is 1. The Balaban J connectivity index is 1.58. The lowest BCUT2D eigenvalue weighted by molar-refractivity contribution is 0.478. The van der Waals surface area contributed by atoms with Crippen LogP contribution in [-0.2, 0) is 7.05 Å². The molecule has 1 unspecified atom stereocenters. The average molecular weight is 371 g/mol. The van der Waals surface area contributed by atoms with Crippen LogP contribution >= 0.6 is 0 Å². The Morgan fingerprint density at radius 1 is 1.07 bits per heavy atom. The zero-order chi connectivity index (χ0) is 18.9. The van der Waals surface area contributed by atoms with Gasteiger partial charge in [0.05, 0.1) is 5.52 Å². The van der Waals surface area contributed by atoms with Gasteiger partial charge in [-0.1, -0.05) is 12.1 Å². The number of fused-ring (bicyclic) bond motifs is 1. The SMILES string of the molecule is Cn1cnnc1C1CCCN(c2nc(-c3cccnc3)nc3ccccc23)C1. The van der Waals surface area contributed by atoms with Crippen LogP contribution < -0.4 is 4.90 Å². The number of piperidine rings is 1. The molecule has 7 nitrogen and oxygen atoms in total. The summed E-state index contributed by atoms with van der Waals surface area (Å²) in [6.45, 7) is 1.85. The van der Waals surface area contributed by atoms with Crippen LogP contribution in [0.4, 0.5) is 5.82 Å². The Labute approximate surface area is 163 Å². The van der Waals surface area contributed by atoms with Gasteiger partial charge in [-0.2, -0.15) is 0 Å². The first-order chi connectivity index (χ1) is 13.8. The first-order valence-electron chi connectivity index (χ1n) is 9.55. The maximum Gasteiger partial charge on any atom is 0.163 e. The number of nitrogens with zero attached hydrogens (tertiary/aromatic N) is 7. The smallest absolute Gasteiger partial charge is 0.163 e. The van der Waals surface area contributed by atoms with Gasteiger partial charge in [-0.3, -0.25) is 4.98 Å². The molecule has 4 heterocycles. The Morgan fingerprint density at radius 3 is 2.82 bits per heavy atom. The summed E-state index contributed by atoms with van der Waals surface area (Å²) in [7, 11) is 2.01. The van der Waals surface area contributed by atoms with Crippen LogP contribution in [0.2, 0.25) is 0 Å². The van der Waals surface area contributed by atoms with Crippen LogP contribution in [0.3, 0.4) is 0 Å². The van der Waals surface area contributed by atoms with Crippen LogP contribution in [-0.4, -0.2) is 42.8 Å². The Kier molecular flexibility index (Phi) is 4.20. The van der Waals surface area contributed by atoms with E-state index in [0.717, 1.165) is 54.0 Å². The minimum atomic E-state index is 0.344. The Bertz CT molecular complexity index is 1110. The van der Waals surface area contributed by atoms with Gasteiger partial charge in [0.1, 0.15) is 18.0 Å². The predicted molar refractivity (Wildman–Crippen MR) is 108 cm³/mol. The van der Waals surface area contributed by atoms with Crippen molar-refractivity contribution in [3.8, 4) is 11.4 Å².